The average molecular weight is 187 g/mol. The molecule has 0 saturated heterocycles. The topological polar surface area (TPSA) is 75.9 Å². The standard InChI is InChI=1S/C9H9N5/c10-9-5-1-7-8(13-3-12-7)2-6(5)11-4-14-9/h1-2,4,12-13H,3H2,(H2,10,11,14). The van der Waals surface area contributed by atoms with Crippen molar-refractivity contribution in [2.24, 2.45) is 0 Å². The summed E-state index contributed by atoms with van der Waals surface area (Å²) >= 11 is 0. The molecule has 14 heavy (non-hydrogen) atoms. The molecule has 0 radical (unpaired) electrons. The zero-order valence-electron chi connectivity index (χ0n) is 7.41. The molecule has 2 heterocycles. The third kappa shape index (κ3) is 0.891. The highest BCUT2D eigenvalue weighted by Crippen LogP contribution is 2.31. The van der Waals surface area contributed by atoms with Crippen LogP contribution in [0.2, 0.25) is 0 Å². The maximum absolute atomic E-state index is 5.75. The van der Waals surface area contributed by atoms with E-state index in [0.29, 0.717) is 5.82 Å². The molecule has 1 aliphatic heterocycles. The molecule has 4 N–H and O–H groups in total. The maximum atomic E-state index is 5.75. The Hall–Kier alpha value is -2.04. The van der Waals surface area contributed by atoms with E-state index in [0.717, 1.165) is 28.9 Å². The number of hydrogen-bond donors (Lipinski definition) is 3. The van der Waals surface area contributed by atoms with Gasteiger partial charge in [-0.3, -0.25) is 0 Å². The Kier molecular flexibility index (Phi) is 1.30. The van der Waals surface area contributed by atoms with Crippen LogP contribution >= 0.6 is 0 Å². The van der Waals surface area contributed by atoms with Gasteiger partial charge in [0.2, 0.25) is 0 Å². The van der Waals surface area contributed by atoms with Crippen molar-refractivity contribution in [3.8, 4) is 0 Å². The SMILES string of the molecule is Nc1ncnc2cc3c(cc12)NCN3. The van der Waals surface area contributed by atoms with Crippen LogP contribution in [0.4, 0.5) is 17.2 Å². The second-order valence-electron chi connectivity index (χ2n) is 3.20. The second-order valence-corrected chi connectivity index (χ2v) is 3.20. The number of anilines is 3. The van der Waals surface area contributed by atoms with Crippen molar-refractivity contribution in [3.63, 3.8) is 0 Å². The van der Waals surface area contributed by atoms with E-state index in [1.807, 2.05) is 12.1 Å². The minimum absolute atomic E-state index is 0.520. The van der Waals surface area contributed by atoms with E-state index in [9.17, 15) is 0 Å². The number of hydrogen-bond acceptors (Lipinski definition) is 5. The molecule has 5 nitrogen and oxygen atoms in total. The van der Waals surface area contributed by atoms with Gasteiger partial charge in [-0.25, -0.2) is 9.97 Å². The molecule has 70 valence electrons. The summed E-state index contributed by atoms with van der Waals surface area (Å²) in [7, 11) is 0. The number of fused-ring (bicyclic) bond motifs is 2. The number of nitrogens with two attached hydrogens (primary N) is 1. The zero-order chi connectivity index (χ0) is 9.54. The highest BCUT2D eigenvalue weighted by Gasteiger charge is 2.11. The van der Waals surface area contributed by atoms with Crippen LogP contribution in [0.5, 0.6) is 0 Å². The first-order valence-corrected chi connectivity index (χ1v) is 4.36. The van der Waals surface area contributed by atoms with E-state index >= 15 is 0 Å². The van der Waals surface area contributed by atoms with Gasteiger partial charge < -0.3 is 16.4 Å². The molecule has 0 fully saturated rings. The van der Waals surface area contributed by atoms with Crippen molar-refractivity contribution in [2.45, 2.75) is 0 Å². The summed E-state index contributed by atoms with van der Waals surface area (Å²) in [6, 6.07) is 3.95. The van der Waals surface area contributed by atoms with Gasteiger partial charge in [-0.2, -0.15) is 0 Å². The smallest absolute Gasteiger partial charge is 0.134 e. The van der Waals surface area contributed by atoms with Crippen molar-refractivity contribution < 1.29 is 0 Å². The molecule has 0 spiro atoms. The normalized spacial score (nSPS) is 13.4. The van der Waals surface area contributed by atoms with Crippen LogP contribution in [-0.2, 0) is 0 Å². The molecule has 0 bridgehead atoms. The quantitative estimate of drug-likeness (QED) is 0.573. The van der Waals surface area contributed by atoms with Gasteiger partial charge in [0, 0.05) is 5.39 Å². The Morgan fingerprint density at radius 1 is 1.14 bits per heavy atom. The van der Waals surface area contributed by atoms with Crippen molar-refractivity contribution >= 4 is 28.1 Å². The minimum atomic E-state index is 0.520. The van der Waals surface area contributed by atoms with Gasteiger partial charge >= 0.3 is 0 Å². The monoisotopic (exact) mass is 187 g/mol. The Morgan fingerprint density at radius 2 is 1.93 bits per heavy atom. The first-order chi connectivity index (χ1) is 6.84. The summed E-state index contributed by atoms with van der Waals surface area (Å²) in [4.78, 5) is 8.11. The Labute approximate surface area is 80.4 Å². The first-order valence-electron chi connectivity index (χ1n) is 4.36. The Bertz CT molecular complexity index is 508. The molecular formula is C9H9N5. The van der Waals surface area contributed by atoms with Gasteiger partial charge in [-0.05, 0) is 12.1 Å². The largest absolute Gasteiger partial charge is 0.383 e. The van der Waals surface area contributed by atoms with Crippen molar-refractivity contribution in [1.82, 2.24) is 9.97 Å². The predicted molar refractivity (Wildman–Crippen MR) is 56.1 cm³/mol. The fourth-order valence-corrected chi connectivity index (χ4v) is 1.65. The van der Waals surface area contributed by atoms with E-state index in [4.69, 9.17) is 5.73 Å². The Balaban J connectivity index is 2.39. The summed E-state index contributed by atoms with van der Waals surface area (Å²) < 4.78 is 0. The predicted octanol–water partition coefficient (Wildman–Crippen LogP) is 1.01. The first kappa shape index (κ1) is 7.37. The van der Waals surface area contributed by atoms with E-state index in [1.165, 1.54) is 6.33 Å². The molecule has 1 aromatic carbocycles. The van der Waals surface area contributed by atoms with Gasteiger partial charge in [0.25, 0.3) is 0 Å². The molecule has 5 heteroatoms. The van der Waals surface area contributed by atoms with Crippen LogP contribution in [-0.4, -0.2) is 16.6 Å². The van der Waals surface area contributed by atoms with Crippen molar-refractivity contribution in [1.29, 1.82) is 0 Å². The highest BCUT2D eigenvalue weighted by molar-refractivity contribution is 5.96. The van der Waals surface area contributed by atoms with Crippen LogP contribution in [0.25, 0.3) is 10.9 Å². The molecule has 1 aromatic heterocycles. The van der Waals surface area contributed by atoms with Crippen molar-refractivity contribution in [3.05, 3.63) is 18.5 Å². The van der Waals surface area contributed by atoms with Crippen molar-refractivity contribution in [2.75, 3.05) is 23.0 Å². The van der Waals surface area contributed by atoms with E-state index in [2.05, 4.69) is 20.6 Å². The molecule has 0 unspecified atom stereocenters. The van der Waals surface area contributed by atoms with Crippen LogP contribution < -0.4 is 16.4 Å². The molecule has 0 amide bonds. The summed E-state index contributed by atoms with van der Waals surface area (Å²) in [6.07, 6.45) is 1.48. The van der Waals surface area contributed by atoms with E-state index < -0.39 is 0 Å². The summed E-state index contributed by atoms with van der Waals surface area (Å²) in [5, 5.41) is 7.29. The van der Waals surface area contributed by atoms with Crippen LogP contribution in [0.1, 0.15) is 0 Å². The average Bonchev–Trinajstić information content (AvgIpc) is 2.62. The van der Waals surface area contributed by atoms with Gasteiger partial charge in [0.1, 0.15) is 12.1 Å². The van der Waals surface area contributed by atoms with E-state index in [1.54, 1.807) is 0 Å². The minimum Gasteiger partial charge on any atom is -0.383 e. The number of nitrogen functional groups attached to an aromatic ring is 1. The van der Waals surface area contributed by atoms with Crippen LogP contribution in [0.3, 0.4) is 0 Å². The fraction of sp³-hybridized carbons (Fsp3) is 0.111. The number of nitrogens with one attached hydrogen (secondary N) is 2. The summed E-state index contributed by atoms with van der Waals surface area (Å²) in [5.41, 5.74) is 8.74. The van der Waals surface area contributed by atoms with Gasteiger partial charge in [-0.15, -0.1) is 0 Å². The molecule has 1 aliphatic rings. The lowest BCUT2D eigenvalue weighted by Gasteiger charge is -2.03. The lowest BCUT2D eigenvalue weighted by atomic mass is 10.2. The van der Waals surface area contributed by atoms with Gasteiger partial charge in [-0.1, -0.05) is 0 Å². The number of rotatable bonds is 0. The second kappa shape index (κ2) is 2.47. The van der Waals surface area contributed by atoms with Gasteiger partial charge in [0.05, 0.1) is 23.6 Å². The summed E-state index contributed by atoms with van der Waals surface area (Å²) in [6.45, 7) is 0.749. The molecular weight excluding hydrogens is 178 g/mol. The molecule has 2 aromatic rings. The van der Waals surface area contributed by atoms with Crippen LogP contribution in [0.15, 0.2) is 18.5 Å². The number of nitrogens with zero attached hydrogens (tertiary/aromatic N) is 2. The maximum Gasteiger partial charge on any atom is 0.134 e. The van der Waals surface area contributed by atoms with Gasteiger partial charge in [0.15, 0.2) is 0 Å². The zero-order valence-corrected chi connectivity index (χ0v) is 7.41. The Morgan fingerprint density at radius 3 is 2.79 bits per heavy atom. The third-order valence-electron chi connectivity index (χ3n) is 2.36. The molecule has 0 aliphatic carbocycles. The highest BCUT2D eigenvalue weighted by atomic mass is 15.1. The summed E-state index contributed by atoms with van der Waals surface area (Å²) in [5.74, 6) is 0.520. The van der Waals surface area contributed by atoms with E-state index in [-0.39, 0.29) is 0 Å². The third-order valence-corrected chi connectivity index (χ3v) is 2.36. The molecule has 0 saturated carbocycles. The lowest BCUT2D eigenvalue weighted by Crippen LogP contribution is -1.98. The fourth-order valence-electron chi connectivity index (χ4n) is 1.65. The van der Waals surface area contributed by atoms with Crippen LogP contribution in [0, 0.1) is 0 Å². The number of aromatic nitrogens is 2. The lowest BCUT2D eigenvalue weighted by molar-refractivity contribution is 1.23. The molecule has 3 rings (SSSR count). The number of benzene rings is 1. The molecule has 0 atom stereocenters.